The minimum absolute atomic E-state index is 0.0495. The number of nitrogens with zero attached hydrogens (tertiary/aromatic N) is 5. The third-order valence-corrected chi connectivity index (χ3v) is 4.50. The second-order valence-corrected chi connectivity index (χ2v) is 6.61. The fraction of sp³-hybridized carbons (Fsp3) is 0.250. The lowest BCUT2D eigenvalue weighted by Gasteiger charge is -2.21. The van der Waals surface area contributed by atoms with Gasteiger partial charge in [-0.2, -0.15) is 10.2 Å². The normalized spacial score (nSPS) is 15.0. The lowest BCUT2D eigenvalue weighted by molar-refractivity contribution is 0.224. The van der Waals surface area contributed by atoms with Crippen LogP contribution in [0.4, 0.5) is 14.5 Å². The molecule has 1 aliphatic heterocycles. The predicted octanol–water partition coefficient (Wildman–Crippen LogP) is 2.59. The molecular formula is C16H15F2N5OS. The molecule has 2 aromatic rings. The zero-order valence-corrected chi connectivity index (χ0v) is 14.2. The highest BCUT2D eigenvalue weighted by Gasteiger charge is 2.23. The van der Waals surface area contributed by atoms with E-state index in [0.717, 1.165) is 11.3 Å². The predicted molar refractivity (Wildman–Crippen MR) is 93.3 cm³/mol. The Bertz CT molecular complexity index is 824. The van der Waals surface area contributed by atoms with Crippen LogP contribution in [0.1, 0.15) is 17.8 Å². The standard InChI is InChI=1S/C16H15F2N5OS/c1-25(24)23(12-5-3-2-4-6-12)10-11-8-19-16(20-9-11)14-7-13(15(17)18)21-22-14/h2-6,8-9,15H,7,10H2,1H3. The molecule has 130 valence electrons. The van der Waals surface area contributed by atoms with Crippen LogP contribution in [0.3, 0.4) is 0 Å². The van der Waals surface area contributed by atoms with E-state index in [1.165, 1.54) is 0 Å². The summed E-state index contributed by atoms with van der Waals surface area (Å²) in [4.78, 5) is 8.35. The molecule has 0 radical (unpaired) electrons. The molecule has 25 heavy (non-hydrogen) atoms. The summed E-state index contributed by atoms with van der Waals surface area (Å²) < 4.78 is 38.9. The maximum atomic E-state index is 12.6. The van der Waals surface area contributed by atoms with Crippen LogP contribution in [-0.2, 0) is 17.5 Å². The summed E-state index contributed by atoms with van der Waals surface area (Å²) in [5.41, 5.74) is 1.61. The van der Waals surface area contributed by atoms with Crippen molar-refractivity contribution in [1.82, 2.24) is 9.97 Å². The number of benzene rings is 1. The van der Waals surface area contributed by atoms with E-state index in [9.17, 15) is 13.0 Å². The molecule has 0 aliphatic carbocycles. The van der Waals surface area contributed by atoms with Crippen LogP contribution in [0.2, 0.25) is 0 Å². The van der Waals surface area contributed by atoms with Crippen molar-refractivity contribution >= 4 is 28.1 Å². The van der Waals surface area contributed by atoms with Crippen molar-refractivity contribution in [1.29, 1.82) is 0 Å². The van der Waals surface area contributed by atoms with Gasteiger partial charge in [0.2, 0.25) is 0 Å². The van der Waals surface area contributed by atoms with Gasteiger partial charge < -0.3 is 0 Å². The molecule has 0 saturated carbocycles. The van der Waals surface area contributed by atoms with Gasteiger partial charge >= 0.3 is 0 Å². The largest absolute Gasteiger partial charge is 0.287 e. The molecule has 1 unspecified atom stereocenters. The third kappa shape index (κ3) is 4.11. The minimum Gasteiger partial charge on any atom is -0.287 e. The second-order valence-electron chi connectivity index (χ2n) is 5.33. The maximum absolute atomic E-state index is 12.6. The molecule has 0 amide bonds. The molecule has 9 heteroatoms. The van der Waals surface area contributed by atoms with Gasteiger partial charge in [0.05, 0.1) is 6.54 Å². The number of para-hydroxylation sites is 1. The van der Waals surface area contributed by atoms with E-state index in [1.54, 1.807) is 23.0 Å². The molecule has 1 aromatic carbocycles. The summed E-state index contributed by atoms with van der Waals surface area (Å²) in [6.07, 6.45) is 2.08. The number of alkyl halides is 2. The first-order valence-electron chi connectivity index (χ1n) is 7.43. The van der Waals surface area contributed by atoms with Gasteiger partial charge in [0.15, 0.2) is 5.82 Å². The molecule has 1 aliphatic rings. The van der Waals surface area contributed by atoms with Crippen molar-refractivity contribution in [2.24, 2.45) is 10.2 Å². The monoisotopic (exact) mass is 363 g/mol. The van der Waals surface area contributed by atoms with Gasteiger partial charge in [0.1, 0.15) is 22.4 Å². The number of anilines is 1. The van der Waals surface area contributed by atoms with E-state index in [1.807, 2.05) is 30.3 Å². The van der Waals surface area contributed by atoms with Gasteiger partial charge in [-0.15, -0.1) is 0 Å². The van der Waals surface area contributed by atoms with Gasteiger partial charge in [-0.3, -0.25) is 4.31 Å². The molecule has 2 heterocycles. The maximum Gasteiger partial charge on any atom is 0.278 e. The van der Waals surface area contributed by atoms with Crippen LogP contribution in [0.15, 0.2) is 52.9 Å². The molecule has 0 saturated heterocycles. The number of aromatic nitrogens is 2. The Hall–Kier alpha value is -2.55. The number of rotatable bonds is 6. The average molecular weight is 363 g/mol. The van der Waals surface area contributed by atoms with Crippen LogP contribution in [0.5, 0.6) is 0 Å². The molecule has 1 atom stereocenters. The Morgan fingerprint density at radius 3 is 2.40 bits per heavy atom. The Balaban J connectivity index is 1.71. The summed E-state index contributed by atoms with van der Waals surface area (Å²) in [5, 5.41) is 7.17. The van der Waals surface area contributed by atoms with Crippen LogP contribution in [-0.4, -0.2) is 38.3 Å². The smallest absolute Gasteiger partial charge is 0.278 e. The highest BCUT2D eigenvalue weighted by Crippen LogP contribution is 2.18. The van der Waals surface area contributed by atoms with Crippen LogP contribution in [0, 0.1) is 0 Å². The highest BCUT2D eigenvalue weighted by molar-refractivity contribution is 7.85. The Morgan fingerprint density at radius 1 is 1.16 bits per heavy atom. The van der Waals surface area contributed by atoms with Gasteiger partial charge in [0.25, 0.3) is 6.43 Å². The van der Waals surface area contributed by atoms with Crippen molar-refractivity contribution in [2.45, 2.75) is 19.4 Å². The number of hydrogen-bond donors (Lipinski definition) is 0. The van der Waals surface area contributed by atoms with Gasteiger partial charge in [-0.25, -0.2) is 23.0 Å². The summed E-state index contributed by atoms with van der Waals surface area (Å²) >= 11 is 0. The van der Waals surface area contributed by atoms with E-state index < -0.39 is 17.4 Å². The van der Waals surface area contributed by atoms with E-state index in [-0.39, 0.29) is 18.0 Å². The fourth-order valence-electron chi connectivity index (χ4n) is 2.29. The van der Waals surface area contributed by atoms with Crippen LogP contribution < -0.4 is 4.31 Å². The Labute approximate surface area is 145 Å². The molecule has 0 bridgehead atoms. The third-order valence-electron chi connectivity index (χ3n) is 3.54. The molecular weight excluding hydrogens is 348 g/mol. The Morgan fingerprint density at radius 2 is 1.84 bits per heavy atom. The fourth-order valence-corrected chi connectivity index (χ4v) is 3.04. The highest BCUT2D eigenvalue weighted by atomic mass is 32.2. The molecule has 1 aromatic heterocycles. The summed E-state index contributed by atoms with van der Waals surface area (Å²) in [6.45, 7) is 0.360. The average Bonchev–Trinajstić information content (AvgIpc) is 3.11. The van der Waals surface area contributed by atoms with Crippen molar-refractivity contribution in [3.05, 3.63) is 54.1 Å². The number of hydrogen-bond acceptors (Lipinski definition) is 5. The first-order valence-corrected chi connectivity index (χ1v) is 8.95. The lowest BCUT2D eigenvalue weighted by Crippen LogP contribution is -2.24. The van der Waals surface area contributed by atoms with Crippen LogP contribution >= 0.6 is 0 Å². The van der Waals surface area contributed by atoms with Gasteiger partial charge in [0, 0.05) is 36.3 Å². The zero-order valence-electron chi connectivity index (χ0n) is 13.3. The molecule has 0 fully saturated rings. The van der Waals surface area contributed by atoms with Gasteiger partial charge in [-0.1, -0.05) is 18.2 Å². The van der Waals surface area contributed by atoms with Gasteiger partial charge in [-0.05, 0) is 12.1 Å². The lowest BCUT2D eigenvalue weighted by atomic mass is 10.2. The summed E-state index contributed by atoms with van der Waals surface area (Å²) in [5.74, 6) is 0.270. The second kappa shape index (κ2) is 7.56. The first-order chi connectivity index (χ1) is 12.0. The molecule has 0 spiro atoms. The summed E-state index contributed by atoms with van der Waals surface area (Å²) in [6, 6.07) is 9.36. The first kappa shape index (κ1) is 17.3. The van der Waals surface area contributed by atoms with E-state index >= 15 is 0 Å². The SMILES string of the molecule is CS(=O)N(Cc1cnc(C2=NN=C(C(F)F)C2)nc1)c1ccccc1. The van der Waals surface area contributed by atoms with Crippen molar-refractivity contribution in [3.8, 4) is 0 Å². The minimum atomic E-state index is -2.63. The quantitative estimate of drug-likeness (QED) is 0.792. The van der Waals surface area contributed by atoms with Crippen LogP contribution in [0.25, 0.3) is 0 Å². The Kier molecular flexibility index (Phi) is 5.22. The van der Waals surface area contributed by atoms with Crippen molar-refractivity contribution in [3.63, 3.8) is 0 Å². The van der Waals surface area contributed by atoms with E-state index in [0.29, 0.717) is 12.3 Å². The van der Waals surface area contributed by atoms with E-state index in [2.05, 4.69) is 20.2 Å². The van der Waals surface area contributed by atoms with E-state index in [4.69, 9.17) is 0 Å². The van der Waals surface area contributed by atoms with Crippen molar-refractivity contribution in [2.75, 3.05) is 10.6 Å². The summed E-state index contributed by atoms with van der Waals surface area (Å²) in [7, 11) is -1.22. The number of halogens is 2. The topological polar surface area (TPSA) is 70.8 Å². The molecule has 3 rings (SSSR count). The van der Waals surface area contributed by atoms with Crippen molar-refractivity contribution < 1.29 is 13.0 Å². The molecule has 0 N–H and O–H groups in total. The zero-order chi connectivity index (χ0) is 17.8. The molecule has 6 nitrogen and oxygen atoms in total.